The minimum Gasteiger partial charge on any atom is -0.393 e. The Hall–Kier alpha value is -2.17. The molecule has 1 saturated heterocycles. The van der Waals surface area contributed by atoms with Crippen LogP contribution in [0.1, 0.15) is 30.1 Å². The molecule has 1 aliphatic heterocycles. The number of aromatic nitrogens is 1. The number of aliphatic hydroxyl groups is 1. The summed E-state index contributed by atoms with van der Waals surface area (Å²) in [5.74, 6) is -0.221. The van der Waals surface area contributed by atoms with E-state index < -0.39 is 0 Å². The maximum Gasteiger partial charge on any atom is 0.123 e. The molecule has 24 heavy (non-hydrogen) atoms. The number of halogens is 1. The van der Waals surface area contributed by atoms with Crippen molar-refractivity contribution in [2.75, 3.05) is 6.61 Å². The van der Waals surface area contributed by atoms with Crippen molar-refractivity contribution in [3.63, 3.8) is 0 Å². The number of rotatable bonds is 3. The smallest absolute Gasteiger partial charge is 0.123 e. The molecule has 2 heterocycles. The SMILES string of the molecule is O[C@H]1CCO[C@@H](c2cn(Cc3ccc(F)cc3)c3ccccc23)C1. The van der Waals surface area contributed by atoms with Gasteiger partial charge in [-0.1, -0.05) is 30.3 Å². The lowest BCUT2D eigenvalue weighted by atomic mass is 9.99. The van der Waals surface area contributed by atoms with Crippen LogP contribution >= 0.6 is 0 Å². The van der Waals surface area contributed by atoms with Crippen molar-refractivity contribution in [2.45, 2.75) is 31.6 Å². The fourth-order valence-electron chi connectivity index (χ4n) is 3.45. The van der Waals surface area contributed by atoms with E-state index in [0.29, 0.717) is 26.0 Å². The van der Waals surface area contributed by atoms with Crippen LogP contribution in [-0.4, -0.2) is 22.4 Å². The minimum absolute atomic E-state index is 0.0758. The molecule has 0 amide bonds. The highest BCUT2D eigenvalue weighted by atomic mass is 19.1. The normalized spacial score (nSPS) is 21.2. The van der Waals surface area contributed by atoms with E-state index in [1.807, 2.05) is 24.3 Å². The number of fused-ring (bicyclic) bond motifs is 1. The maximum absolute atomic E-state index is 13.1. The van der Waals surface area contributed by atoms with Gasteiger partial charge in [-0.2, -0.15) is 0 Å². The van der Waals surface area contributed by atoms with E-state index in [1.165, 1.54) is 12.1 Å². The number of para-hydroxylation sites is 1. The summed E-state index contributed by atoms with van der Waals surface area (Å²) in [5.41, 5.74) is 3.29. The molecular formula is C20H20FNO2. The van der Waals surface area contributed by atoms with Crippen LogP contribution in [0.4, 0.5) is 4.39 Å². The van der Waals surface area contributed by atoms with Crippen LogP contribution in [0.25, 0.3) is 10.9 Å². The zero-order valence-electron chi connectivity index (χ0n) is 13.4. The highest BCUT2D eigenvalue weighted by Crippen LogP contribution is 2.34. The van der Waals surface area contributed by atoms with Crippen LogP contribution in [0.3, 0.4) is 0 Å². The zero-order valence-corrected chi connectivity index (χ0v) is 13.4. The lowest BCUT2D eigenvalue weighted by Gasteiger charge is -2.26. The first kappa shape index (κ1) is 15.4. The van der Waals surface area contributed by atoms with E-state index >= 15 is 0 Å². The third-order valence-corrected chi connectivity index (χ3v) is 4.69. The van der Waals surface area contributed by atoms with E-state index in [2.05, 4.69) is 22.9 Å². The molecular weight excluding hydrogens is 305 g/mol. The van der Waals surface area contributed by atoms with Gasteiger partial charge < -0.3 is 14.4 Å². The fraction of sp³-hybridized carbons (Fsp3) is 0.300. The van der Waals surface area contributed by atoms with Crippen molar-refractivity contribution < 1.29 is 14.2 Å². The predicted molar refractivity (Wildman–Crippen MR) is 91.4 cm³/mol. The second-order valence-corrected chi connectivity index (χ2v) is 6.39. The highest BCUT2D eigenvalue weighted by molar-refractivity contribution is 5.84. The monoisotopic (exact) mass is 325 g/mol. The molecule has 0 unspecified atom stereocenters. The Labute approximate surface area is 140 Å². The average Bonchev–Trinajstić information content (AvgIpc) is 2.96. The van der Waals surface area contributed by atoms with E-state index in [1.54, 1.807) is 0 Å². The van der Waals surface area contributed by atoms with Gasteiger partial charge in [0.15, 0.2) is 0 Å². The minimum atomic E-state index is -0.303. The quantitative estimate of drug-likeness (QED) is 0.788. The number of ether oxygens (including phenoxy) is 1. The Morgan fingerprint density at radius 1 is 1.12 bits per heavy atom. The summed E-state index contributed by atoms with van der Waals surface area (Å²) in [5, 5.41) is 11.1. The van der Waals surface area contributed by atoms with Gasteiger partial charge in [-0.05, 0) is 30.2 Å². The molecule has 1 N–H and O–H groups in total. The molecule has 0 saturated carbocycles. The van der Waals surface area contributed by atoms with E-state index in [4.69, 9.17) is 4.74 Å². The van der Waals surface area contributed by atoms with Gasteiger partial charge in [-0.3, -0.25) is 0 Å². The molecule has 124 valence electrons. The van der Waals surface area contributed by atoms with Crippen LogP contribution in [0.5, 0.6) is 0 Å². The third-order valence-electron chi connectivity index (χ3n) is 4.69. The molecule has 0 aliphatic carbocycles. The molecule has 0 bridgehead atoms. The highest BCUT2D eigenvalue weighted by Gasteiger charge is 2.25. The van der Waals surface area contributed by atoms with Crippen molar-refractivity contribution in [1.82, 2.24) is 4.57 Å². The van der Waals surface area contributed by atoms with Gasteiger partial charge in [0.25, 0.3) is 0 Å². The van der Waals surface area contributed by atoms with Crippen molar-refractivity contribution in [2.24, 2.45) is 0 Å². The predicted octanol–water partition coefficient (Wildman–Crippen LogP) is 4.04. The second-order valence-electron chi connectivity index (χ2n) is 6.39. The van der Waals surface area contributed by atoms with E-state index in [-0.39, 0.29) is 18.0 Å². The first-order valence-corrected chi connectivity index (χ1v) is 8.32. The molecule has 3 nitrogen and oxygen atoms in total. The third kappa shape index (κ3) is 2.95. The Bertz CT molecular complexity index is 840. The number of hydrogen-bond donors (Lipinski definition) is 1. The summed E-state index contributed by atoms with van der Waals surface area (Å²) in [7, 11) is 0. The first-order chi connectivity index (χ1) is 11.7. The number of aliphatic hydroxyl groups excluding tert-OH is 1. The van der Waals surface area contributed by atoms with Gasteiger partial charge in [0.05, 0.1) is 12.2 Å². The average molecular weight is 325 g/mol. The molecule has 1 aliphatic rings. The molecule has 4 rings (SSSR count). The molecule has 1 aromatic heterocycles. The van der Waals surface area contributed by atoms with E-state index in [0.717, 1.165) is 22.0 Å². The van der Waals surface area contributed by atoms with Gasteiger partial charge >= 0.3 is 0 Å². The zero-order chi connectivity index (χ0) is 16.5. The number of nitrogens with zero attached hydrogens (tertiary/aromatic N) is 1. The first-order valence-electron chi connectivity index (χ1n) is 8.32. The standard InChI is InChI=1S/C20H20FNO2/c21-15-7-5-14(6-8-15)12-22-13-18(17-3-1-2-4-19(17)22)20-11-16(23)9-10-24-20/h1-8,13,16,20,23H,9-12H2/t16-,20+/m0/s1. The summed E-state index contributed by atoms with van der Waals surface area (Å²) >= 11 is 0. The topological polar surface area (TPSA) is 34.4 Å². The maximum atomic E-state index is 13.1. The van der Waals surface area contributed by atoms with Gasteiger partial charge in [0.2, 0.25) is 0 Å². The number of benzene rings is 2. The van der Waals surface area contributed by atoms with Crippen LogP contribution < -0.4 is 0 Å². The van der Waals surface area contributed by atoms with Crippen LogP contribution in [0.2, 0.25) is 0 Å². The van der Waals surface area contributed by atoms with Crippen molar-refractivity contribution in [1.29, 1.82) is 0 Å². The van der Waals surface area contributed by atoms with Gasteiger partial charge in [0.1, 0.15) is 5.82 Å². The van der Waals surface area contributed by atoms with E-state index in [9.17, 15) is 9.50 Å². The Morgan fingerprint density at radius 2 is 1.92 bits per heavy atom. The van der Waals surface area contributed by atoms with Crippen LogP contribution in [-0.2, 0) is 11.3 Å². The fourth-order valence-corrected chi connectivity index (χ4v) is 3.45. The summed E-state index contributed by atoms with van der Waals surface area (Å²) in [6.45, 7) is 1.26. The molecule has 0 spiro atoms. The van der Waals surface area contributed by atoms with Crippen molar-refractivity contribution >= 4 is 10.9 Å². The van der Waals surface area contributed by atoms with Gasteiger partial charge in [-0.15, -0.1) is 0 Å². The summed E-state index contributed by atoms with van der Waals surface area (Å²) in [6, 6.07) is 14.8. The lowest BCUT2D eigenvalue weighted by molar-refractivity contribution is -0.0442. The van der Waals surface area contributed by atoms with Crippen LogP contribution in [0.15, 0.2) is 54.7 Å². The van der Waals surface area contributed by atoms with Crippen molar-refractivity contribution in [3.05, 3.63) is 71.7 Å². The largest absolute Gasteiger partial charge is 0.393 e. The molecule has 4 heteroatoms. The van der Waals surface area contributed by atoms with Gasteiger partial charge in [0, 0.05) is 42.2 Å². The molecule has 0 radical (unpaired) electrons. The molecule has 2 aromatic carbocycles. The summed E-state index contributed by atoms with van der Waals surface area (Å²) in [4.78, 5) is 0. The van der Waals surface area contributed by atoms with Gasteiger partial charge in [-0.25, -0.2) is 4.39 Å². The Kier molecular flexibility index (Phi) is 4.08. The van der Waals surface area contributed by atoms with Crippen LogP contribution in [0, 0.1) is 5.82 Å². The molecule has 2 atom stereocenters. The second kappa shape index (κ2) is 6.38. The molecule has 1 fully saturated rings. The Morgan fingerprint density at radius 3 is 2.71 bits per heavy atom. The summed E-state index contributed by atoms with van der Waals surface area (Å²) in [6.07, 6.45) is 3.06. The summed E-state index contributed by atoms with van der Waals surface area (Å²) < 4.78 is 21.2. The van der Waals surface area contributed by atoms with Crippen molar-refractivity contribution in [3.8, 4) is 0 Å². The molecule has 3 aromatic rings. The number of hydrogen-bond acceptors (Lipinski definition) is 2. The Balaban J connectivity index is 1.72. The lowest BCUT2D eigenvalue weighted by Crippen LogP contribution is -2.23.